The molecule has 4 heterocycles. The second-order valence-electron chi connectivity index (χ2n) is 16.1. The van der Waals surface area contributed by atoms with E-state index in [1.54, 1.807) is 27.7 Å². The van der Waals surface area contributed by atoms with Crippen LogP contribution in [0, 0.1) is 13.8 Å². The summed E-state index contributed by atoms with van der Waals surface area (Å²) in [5, 5.41) is 39.6. The zero-order valence-electron chi connectivity index (χ0n) is 31.8. The first-order valence-corrected chi connectivity index (χ1v) is 18.6. The molecule has 4 aliphatic heterocycles. The summed E-state index contributed by atoms with van der Waals surface area (Å²) in [7, 11) is 4.93. The Morgan fingerprint density at radius 2 is 1.62 bits per heavy atom. The Morgan fingerprint density at radius 3 is 2.19 bits per heavy atom. The van der Waals surface area contributed by atoms with Crippen LogP contribution in [0.2, 0.25) is 0 Å². The van der Waals surface area contributed by atoms with Gasteiger partial charge in [-0.05, 0) is 52.8 Å². The maximum absolute atomic E-state index is 13.9. The molecule has 4 bridgehead atoms. The van der Waals surface area contributed by atoms with Crippen molar-refractivity contribution in [3.63, 3.8) is 0 Å². The van der Waals surface area contributed by atoms with Crippen LogP contribution in [0.5, 0.6) is 28.7 Å². The first-order chi connectivity index (χ1) is 24.1. The molecule has 13 nitrogen and oxygen atoms in total. The quantitative estimate of drug-likeness (QED) is 0.266. The number of aliphatic hydroxyl groups is 1. The number of nitrogens with one attached hydrogen (secondary N) is 1. The molecule has 0 saturated carbocycles. The Balaban J connectivity index is 1.61. The summed E-state index contributed by atoms with van der Waals surface area (Å²) >= 11 is 1.35. The third kappa shape index (κ3) is 4.26. The molecule has 52 heavy (non-hydrogen) atoms. The molecular formula is C38H49N3O10S. The number of thioether (sulfide) groups is 1. The van der Waals surface area contributed by atoms with Crippen molar-refractivity contribution < 1.29 is 48.7 Å². The molecule has 2 aromatic carbocycles. The molecule has 2 aromatic rings. The minimum atomic E-state index is -1.66. The molecule has 14 heteroatoms. The summed E-state index contributed by atoms with van der Waals surface area (Å²) in [5.74, 6) is -1.06. The summed E-state index contributed by atoms with van der Waals surface area (Å²) in [6, 6.07) is -1.58. The van der Waals surface area contributed by atoms with Gasteiger partial charge >= 0.3 is 11.9 Å². The lowest BCUT2D eigenvalue weighted by Crippen LogP contribution is -2.76. The van der Waals surface area contributed by atoms with Crippen molar-refractivity contribution in [2.75, 3.05) is 27.0 Å². The number of esters is 2. The number of cyclic esters (lactones) is 1. The van der Waals surface area contributed by atoms with E-state index in [4.69, 9.17) is 18.9 Å². The van der Waals surface area contributed by atoms with Crippen molar-refractivity contribution in [1.29, 1.82) is 0 Å². The fourth-order valence-electron chi connectivity index (χ4n) is 11.3. The van der Waals surface area contributed by atoms with Gasteiger partial charge in [-0.3, -0.25) is 19.4 Å². The molecule has 3 fully saturated rings. The predicted octanol–water partition coefficient (Wildman–Crippen LogP) is 3.63. The molecule has 1 aliphatic carbocycles. The SMILES string of the molecule is COc1c(C)cc2c(c1O)C1(C)C3[C@@H]4[C@@H]5SC[C@H](NC(C)=O)C(=O)OC(C)(C)[C@@H](c6c(O)c(OC)c(C)c(OC(C)=O)c65)N4C(C)(O)[C@@H](N3C)C21C. The van der Waals surface area contributed by atoms with E-state index in [0.29, 0.717) is 22.4 Å². The summed E-state index contributed by atoms with van der Waals surface area (Å²) in [4.78, 5) is 43.3. The minimum absolute atomic E-state index is 0.0570. The van der Waals surface area contributed by atoms with Crippen LogP contribution in [0.3, 0.4) is 0 Å². The maximum Gasteiger partial charge on any atom is 0.330 e. The van der Waals surface area contributed by atoms with E-state index in [-0.39, 0.29) is 28.8 Å². The van der Waals surface area contributed by atoms with E-state index in [1.165, 1.54) is 39.8 Å². The Kier molecular flexibility index (Phi) is 8.03. The van der Waals surface area contributed by atoms with E-state index in [0.717, 1.165) is 16.7 Å². The molecule has 0 aromatic heterocycles. The molecule has 5 aliphatic rings. The van der Waals surface area contributed by atoms with Crippen LogP contribution in [-0.4, -0.2) is 105 Å². The highest BCUT2D eigenvalue weighted by atomic mass is 32.2. The van der Waals surface area contributed by atoms with Gasteiger partial charge in [-0.2, -0.15) is 0 Å². The van der Waals surface area contributed by atoms with Gasteiger partial charge in [0.05, 0.1) is 31.6 Å². The summed E-state index contributed by atoms with van der Waals surface area (Å²) in [6.45, 7) is 15.7. The lowest BCUT2D eigenvalue weighted by Gasteiger charge is -2.64. The topological polar surface area (TPSA) is 167 Å². The number of nitrogens with zero attached hydrogens (tertiary/aromatic N) is 2. The van der Waals surface area contributed by atoms with Crippen LogP contribution in [0.25, 0.3) is 0 Å². The lowest BCUT2D eigenvalue weighted by atomic mass is 9.44. The molecule has 0 radical (unpaired) electrons. The first kappa shape index (κ1) is 36.6. The number of carbonyl (C=O) groups is 3. The largest absolute Gasteiger partial charge is 0.504 e. The number of benzene rings is 2. The van der Waals surface area contributed by atoms with E-state index in [1.807, 2.05) is 24.9 Å². The Labute approximate surface area is 307 Å². The van der Waals surface area contributed by atoms with Crippen LogP contribution in [-0.2, 0) is 30.0 Å². The first-order valence-electron chi connectivity index (χ1n) is 17.5. The molecule has 3 saturated heterocycles. The normalized spacial score (nSPS) is 35.6. The van der Waals surface area contributed by atoms with Crippen LogP contribution >= 0.6 is 11.8 Å². The molecular weight excluding hydrogens is 690 g/mol. The monoisotopic (exact) mass is 739 g/mol. The molecule has 282 valence electrons. The number of aromatic hydroxyl groups is 2. The lowest BCUT2D eigenvalue weighted by molar-refractivity contribution is -0.247. The average Bonchev–Trinajstić information content (AvgIpc) is 3.15. The third-order valence-corrected chi connectivity index (χ3v) is 14.3. The molecule has 7 rings (SSSR count). The highest BCUT2D eigenvalue weighted by molar-refractivity contribution is 7.99. The summed E-state index contributed by atoms with van der Waals surface area (Å²) < 4.78 is 23.8. The van der Waals surface area contributed by atoms with Gasteiger partial charge in [0.15, 0.2) is 23.0 Å². The van der Waals surface area contributed by atoms with Gasteiger partial charge in [-0.25, -0.2) is 4.79 Å². The summed E-state index contributed by atoms with van der Waals surface area (Å²) in [6.07, 6.45) is 0. The number of carbonyl (C=O) groups excluding carboxylic acids is 3. The number of aryl methyl sites for hydroxylation is 1. The van der Waals surface area contributed by atoms with Crippen molar-refractivity contribution in [2.24, 2.45) is 0 Å². The van der Waals surface area contributed by atoms with Crippen LogP contribution in [0.1, 0.15) is 93.1 Å². The minimum Gasteiger partial charge on any atom is -0.504 e. The zero-order valence-corrected chi connectivity index (χ0v) is 32.6. The van der Waals surface area contributed by atoms with Gasteiger partial charge in [0, 0.05) is 64.8 Å². The van der Waals surface area contributed by atoms with Gasteiger partial charge in [0.2, 0.25) is 5.91 Å². The maximum atomic E-state index is 13.9. The van der Waals surface area contributed by atoms with Gasteiger partial charge in [0.1, 0.15) is 23.1 Å². The van der Waals surface area contributed by atoms with Crippen LogP contribution < -0.4 is 19.5 Å². The molecule has 9 atom stereocenters. The molecule has 4 N–H and O–H groups in total. The smallest absolute Gasteiger partial charge is 0.330 e. The number of likely N-dealkylation sites (N-methyl/N-ethyl adjacent to an activating group) is 1. The second-order valence-corrected chi connectivity index (χ2v) is 17.3. The van der Waals surface area contributed by atoms with Gasteiger partial charge < -0.3 is 39.6 Å². The van der Waals surface area contributed by atoms with Crippen LogP contribution in [0.4, 0.5) is 0 Å². The predicted molar refractivity (Wildman–Crippen MR) is 192 cm³/mol. The number of phenols is 2. The average molecular weight is 740 g/mol. The number of hydrogen-bond donors (Lipinski definition) is 4. The second kappa shape index (κ2) is 11.4. The fourth-order valence-corrected chi connectivity index (χ4v) is 12.8. The zero-order chi connectivity index (χ0) is 38.4. The summed E-state index contributed by atoms with van der Waals surface area (Å²) in [5.41, 5.74) is -0.961. The number of ether oxygens (including phenoxy) is 4. The molecule has 1 amide bonds. The molecule has 0 spiro atoms. The highest BCUT2D eigenvalue weighted by Gasteiger charge is 2.82. The number of hydrogen-bond acceptors (Lipinski definition) is 13. The fraction of sp³-hybridized carbons (Fsp3) is 0.605. The molecule has 4 unspecified atom stereocenters. The van der Waals surface area contributed by atoms with Crippen molar-refractivity contribution in [2.45, 2.75) is 120 Å². The van der Waals surface area contributed by atoms with E-state index in [2.05, 4.69) is 24.1 Å². The van der Waals surface area contributed by atoms with E-state index >= 15 is 0 Å². The number of methoxy groups -OCH3 is 2. The van der Waals surface area contributed by atoms with Gasteiger partial charge in [0.25, 0.3) is 0 Å². The number of rotatable bonds is 4. The number of phenolic OH excluding ortho intramolecular Hbond substituents is 2. The Hall–Kier alpha value is -3.72. The van der Waals surface area contributed by atoms with Crippen LogP contribution in [0.15, 0.2) is 6.07 Å². The van der Waals surface area contributed by atoms with Gasteiger partial charge in [-0.15, -0.1) is 11.8 Å². The number of piperazine rings is 1. The van der Waals surface area contributed by atoms with Crippen molar-refractivity contribution >= 4 is 29.6 Å². The van der Waals surface area contributed by atoms with E-state index < -0.39 is 75.5 Å². The van der Waals surface area contributed by atoms with Crippen molar-refractivity contribution in [3.8, 4) is 28.7 Å². The number of amides is 1. The Bertz CT molecular complexity index is 1950. The number of fused-ring (bicyclic) bond motifs is 11. The van der Waals surface area contributed by atoms with Gasteiger partial charge in [-0.1, -0.05) is 19.9 Å². The highest BCUT2D eigenvalue weighted by Crippen LogP contribution is 2.76. The van der Waals surface area contributed by atoms with Crippen molar-refractivity contribution in [1.82, 2.24) is 15.1 Å². The third-order valence-electron chi connectivity index (χ3n) is 12.9. The van der Waals surface area contributed by atoms with E-state index in [9.17, 15) is 29.7 Å². The van der Waals surface area contributed by atoms with Crippen molar-refractivity contribution in [3.05, 3.63) is 39.4 Å². The Morgan fingerprint density at radius 1 is 0.981 bits per heavy atom. The standard InChI is InChI=1S/C38H49N3O10S/c1-15-13-19-23(26(45)27(15)48-11)37(8)32-24-30-22-21(25(44)29(49-12)16(2)28(22)50-18(4)43)31(41(24)38(9,47)34(40(32)10)36(19,37)7)35(5,6)51-33(46)20(14-52-30)39-17(3)42/h13,20,24,30-32,34,44-45,47H,14H2,1-12H3,(H,39,42)/t20-,24-,30+,31+,32?,34-,36?,37?,38?/m0/s1.